The molecule has 0 atom stereocenters. The number of anilines is 1. The first-order valence-electron chi connectivity index (χ1n) is 9.40. The van der Waals surface area contributed by atoms with Gasteiger partial charge in [0.25, 0.3) is 15.9 Å². The molecule has 0 saturated heterocycles. The van der Waals surface area contributed by atoms with Gasteiger partial charge in [-0.1, -0.05) is 25.1 Å². The van der Waals surface area contributed by atoms with E-state index in [0.29, 0.717) is 24.2 Å². The van der Waals surface area contributed by atoms with Crippen LogP contribution >= 0.6 is 0 Å². The molecule has 9 heteroatoms. The number of benzene rings is 2. The Bertz CT molecular complexity index is 1230. The number of H-pyrrole nitrogens is 1. The smallest absolute Gasteiger partial charge is 0.261 e. The summed E-state index contributed by atoms with van der Waals surface area (Å²) in [5.74, 6) is -0.557. The van der Waals surface area contributed by atoms with Crippen LogP contribution in [0.3, 0.4) is 0 Å². The lowest BCUT2D eigenvalue weighted by atomic mass is 10.1. The summed E-state index contributed by atoms with van der Waals surface area (Å²) in [6.45, 7) is 2.49. The van der Waals surface area contributed by atoms with Gasteiger partial charge in [0.2, 0.25) is 5.43 Å². The summed E-state index contributed by atoms with van der Waals surface area (Å²) in [5, 5.41) is 2.69. The van der Waals surface area contributed by atoms with E-state index >= 15 is 0 Å². The standard InChI is InChI=1S/C21H23N3O5S/c1-3-14-6-4-5-7-18(14)24-30(27,28)15-8-9-19-16(12-15)20(25)17(13-23-19)21(26)22-10-11-29-2/h4-9,12-13,24H,3,10-11H2,1-2H3,(H,22,26)(H,23,25). The van der Waals surface area contributed by atoms with Crippen molar-refractivity contribution in [1.29, 1.82) is 0 Å². The molecular weight excluding hydrogens is 406 g/mol. The number of ether oxygens (including phenoxy) is 1. The zero-order chi connectivity index (χ0) is 21.7. The molecule has 0 radical (unpaired) electrons. The van der Waals surface area contributed by atoms with Crippen molar-refractivity contribution < 1.29 is 17.9 Å². The Morgan fingerprint density at radius 2 is 1.93 bits per heavy atom. The molecule has 1 aromatic heterocycles. The van der Waals surface area contributed by atoms with Crippen LogP contribution in [0, 0.1) is 0 Å². The van der Waals surface area contributed by atoms with E-state index in [0.717, 1.165) is 5.56 Å². The maximum atomic E-state index is 12.9. The molecule has 0 aliphatic carbocycles. The second kappa shape index (κ2) is 9.10. The van der Waals surface area contributed by atoms with Crippen molar-refractivity contribution in [3.8, 4) is 0 Å². The lowest BCUT2D eigenvalue weighted by molar-refractivity contribution is 0.0936. The van der Waals surface area contributed by atoms with Gasteiger partial charge in [-0.05, 0) is 36.2 Å². The quantitative estimate of drug-likeness (QED) is 0.475. The molecule has 0 saturated carbocycles. The zero-order valence-electron chi connectivity index (χ0n) is 16.7. The molecule has 0 bridgehead atoms. The van der Waals surface area contributed by atoms with E-state index in [4.69, 9.17) is 4.74 Å². The fourth-order valence-corrected chi connectivity index (χ4v) is 4.15. The normalized spacial score (nSPS) is 11.4. The van der Waals surface area contributed by atoms with E-state index in [1.54, 1.807) is 12.1 Å². The van der Waals surface area contributed by atoms with E-state index in [1.807, 2.05) is 19.1 Å². The number of aryl methyl sites for hydroxylation is 1. The van der Waals surface area contributed by atoms with Crippen molar-refractivity contribution in [2.75, 3.05) is 25.0 Å². The van der Waals surface area contributed by atoms with Gasteiger partial charge in [-0.25, -0.2) is 8.42 Å². The molecule has 0 unspecified atom stereocenters. The highest BCUT2D eigenvalue weighted by Crippen LogP contribution is 2.22. The SMILES string of the molecule is CCc1ccccc1NS(=O)(=O)c1ccc2[nH]cc(C(=O)NCCOC)c(=O)c2c1. The number of nitrogens with one attached hydrogen (secondary N) is 3. The molecule has 0 aliphatic rings. The van der Waals surface area contributed by atoms with Crippen molar-refractivity contribution in [2.24, 2.45) is 0 Å². The minimum Gasteiger partial charge on any atom is -0.383 e. The topological polar surface area (TPSA) is 117 Å². The summed E-state index contributed by atoms with van der Waals surface area (Å²) in [6, 6.07) is 11.3. The summed E-state index contributed by atoms with van der Waals surface area (Å²) in [5.41, 5.74) is 1.12. The summed E-state index contributed by atoms with van der Waals surface area (Å²) in [4.78, 5) is 27.9. The molecule has 3 aromatic rings. The molecule has 30 heavy (non-hydrogen) atoms. The Hall–Kier alpha value is -3.17. The van der Waals surface area contributed by atoms with Crippen LogP contribution in [0.2, 0.25) is 0 Å². The maximum absolute atomic E-state index is 12.9. The molecule has 8 nitrogen and oxygen atoms in total. The predicted octanol–water partition coefficient (Wildman–Crippen LogP) is 2.27. The van der Waals surface area contributed by atoms with Crippen LogP contribution in [0.15, 0.2) is 58.4 Å². The number of fused-ring (bicyclic) bond motifs is 1. The van der Waals surface area contributed by atoms with Gasteiger partial charge in [-0.2, -0.15) is 0 Å². The molecule has 0 spiro atoms. The fourth-order valence-electron chi connectivity index (χ4n) is 3.03. The largest absolute Gasteiger partial charge is 0.383 e. The number of pyridine rings is 1. The molecule has 3 rings (SSSR count). The van der Waals surface area contributed by atoms with Crippen LogP contribution in [-0.2, 0) is 21.2 Å². The zero-order valence-corrected chi connectivity index (χ0v) is 17.5. The molecule has 1 heterocycles. The van der Waals surface area contributed by atoms with Gasteiger partial charge in [0.05, 0.1) is 17.2 Å². The van der Waals surface area contributed by atoms with Crippen LogP contribution < -0.4 is 15.5 Å². The Kier molecular flexibility index (Phi) is 6.53. The van der Waals surface area contributed by atoms with Gasteiger partial charge in [-0.3, -0.25) is 14.3 Å². The number of amides is 1. The van der Waals surface area contributed by atoms with Crippen molar-refractivity contribution in [3.05, 3.63) is 70.0 Å². The van der Waals surface area contributed by atoms with Gasteiger partial charge < -0.3 is 15.0 Å². The third kappa shape index (κ3) is 4.52. The number of carbonyl (C=O) groups excluding carboxylic acids is 1. The fraction of sp³-hybridized carbons (Fsp3) is 0.238. The number of hydrogen-bond donors (Lipinski definition) is 3. The highest BCUT2D eigenvalue weighted by Gasteiger charge is 2.19. The lowest BCUT2D eigenvalue weighted by Gasteiger charge is -2.12. The minimum absolute atomic E-state index is 0.0663. The number of hydrogen-bond acceptors (Lipinski definition) is 5. The highest BCUT2D eigenvalue weighted by molar-refractivity contribution is 7.92. The summed E-state index contributed by atoms with van der Waals surface area (Å²) >= 11 is 0. The van der Waals surface area contributed by atoms with Gasteiger partial charge in [0.15, 0.2) is 0 Å². The number of carbonyl (C=O) groups is 1. The van der Waals surface area contributed by atoms with Gasteiger partial charge in [0.1, 0.15) is 5.56 Å². The lowest BCUT2D eigenvalue weighted by Crippen LogP contribution is -2.31. The first-order valence-corrected chi connectivity index (χ1v) is 10.9. The Morgan fingerprint density at radius 3 is 2.67 bits per heavy atom. The van der Waals surface area contributed by atoms with E-state index in [2.05, 4.69) is 15.0 Å². The van der Waals surface area contributed by atoms with Crippen LogP contribution in [0.25, 0.3) is 10.9 Å². The monoisotopic (exact) mass is 429 g/mol. The Labute approximate surface area is 174 Å². The third-order valence-electron chi connectivity index (χ3n) is 4.64. The van der Waals surface area contributed by atoms with Gasteiger partial charge >= 0.3 is 0 Å². The van der Waals surface area contributed by atoms with Gasteiger partial charge in [0, 0.05) is 30.8 Å². The number of aromatic amines is 1. The van der Waals surface area contributed by atoms with Gasteiger partial charge in [-0.15, -0.1) is 0 Å². The van der Waals surface area contributed by atoms with Crippen molar-refractivity contribution >= 4 is 32.5 Å². The molecule has 3 N–H and O–H groups in total. The molecule has 158 valence electrons. The molecule has 2 aromatic carbocycles. The van der Waals surface area contributed by atoms with E-state index in [-0.39, 0.29) is 22.4 Å². The second-order valence-corrected chi connectivity index (χ2v) is 8.29. The molecule has 0 fully saturated rings. The van der Waals surface area contributed by atoms with E-state index < -0.39 is 21.4 Å². The van der Waals surface area contributed by atoms with E-state index in [9.17, 15) is 18.0 Å². The second-order valence-electron chi connectivity index (χ2n) is 6.60. The van der Waals surface area contributed by atoms with Crippen molar-refractivity contribution in [1.82, 2.24) is 10.3 Å². The number of sulfonamides is 1. The van der Waals surface area contributed by atoms with Crippen molar-refractivity contribution in [2.45, 2.75) is 18.2 Å². The third-order valence-corrected chi connectivity index (χ3v) is 6.00. The number of para-hydroxylation sites is 1. The molecule has 1 amide bonds. The first-order chi connectivity index (χ1) is 14.4. The number of aromatic nitrogens is 1. The predicted molar refractivity (Wildman–Crippen MR) is 115 cm³/mol. The van der Waals surface area contributed by atoms with Crippen molar-refractivity contribution in [3.63, 3.8) is 0 Å². The maximum Gasteiger partial charge on any atom is 0.261 e. The Morgan fingerprint density at radius 1 is 1.17 bits per heavy atom. The minimum atomic E-state index is -3.92. The average molecular weight is 429 g/mol. The summed E-state index contributed by atoms with van der Waals surface area (Å²) < 4.78 is 33.3. The van der Waals surface area contributed by atoms with Crippen LogP contribution in [-0.4, -0.2) is 39.6 Å². The van der Waals surface area contributed by atoms with E-state index in [1.165, 1.54) is 31.5 Å². The number of rotatable bonds is 8. The number of methoxy groups -OCH3 is 1. The van der Waals surface area contributed by atoms with Crippen LogP contribution in [0.1, 0.15) is 22.8 Å². The van der Waals surface area contributed by atoms with Crippen LogP contribution in [0.5, 0.6) is 0 Å². The Balaban J connectivity index is 1.98. The average Bonchev–Trinajstić information content (AvgIpc) is 2.74. The molecular formula is C21H23N3O5S. The summed E-state index contributed by atoms with van der Waals surface area (Å²) in [6.07, 6.45) is 1.98. The summed E-state index contributed by atoms with van der Waals surface area (Å²) in [7, 11) is -2.42. The highest BCUT2D eigenvalue weighted by atomic mass is 32.2. The molecule has 0 aliphatic heterocycles. The first kappa shape index (κ1) is 21.5. The van der Waals surface area contributed by atoms with Crippen LogP contribution in [0.4, 0.5) is 5.69 Å².